The Kier molecular flexibility index (Phi) is 3.87. The fraction of sp³-hybridized carbons (Fsp3) is 0.647. The number of aryl methyl sites for hydroxylation is 1. The lowest BCUT2D eigenvalue weighted by molar-refractivity contribution is -0.145. The summed E-state index contributed by atoms with van der Waals surface area (Å²) in [6.45, 7) is 7.88. The van der Waals surface area contributed by atoms with Crippen LogP contribution >= 0.6 is 0 Å². The topological polar surface area (TPSA) is 36.4 Å². The van der Waals surface area contributed by atoms with Gasteiger partial charge in [-0.25, -0.2) is 0 Å². The molecule has 1 amide bonds. The molecule has 0 N–H and O–H groups in total. The first-order chi connectivity index (χ1) is 10.1. The van der Waals surface area contributed by atoms with Crippen molar-refractivity contribution in [1.82, 2.24) is 9.88 Å². The molecular weight excluding hydrogens is 262 g/mol. The summed E-state index contributed by atoms with van der Waals surface area (Å²) in [5.74, 6) is 0.392. The predicted molar refractivity (Wildman–Crippen MR) is 84.3 cm³/mol. The molecule has 1 unspecified atom stereocenters. The van der Waals surface area contributed by atoms with Crippen LogP contribution in [0.1, 0.15) is 38.3 Å². The quantitative estimate of drug-likeness (QED) is 0.857. The molecule has 2 fully saturated rings. The summed E-state index contributed by atoms with van der Waals surface area (Å²) < 4.78 is 0. The molecule has 1 aromatic rings. The molecule has 3 rings (SSSR count). The Morgan fingerprint density at radius 1 is 1.33 bits per heavy atom. The van der Waals surface area contributed by atoms with Crippen LogP contribution in [0.15, 0.2) is 18.3 Å². The van der Waals surface area contributed by atoms with E-state index in [1.54, 1.807) is 0 Å². The molecule has 2 aliphatic rings. The maximum Gasteiger partial charge on any atom is 0.230 e. The summed E-state index contributed by atoms with van der Waals surface area (Å²) in [6, 6.07) is 4.18. The highest BCUT2D eigenvalue weighted by atomic mass is 16.2. The highest BCUT2D eigenvalue weighted by molar-refractivity contribution is 5.85. The van der Waals surface area contributed by atoms with Gasteiger partial charge in [-0.15, -0.1) is 0 Å². The van der Waals surface area contributed by atoms with Crippen LogP contribution in [0.4, 0.5) is 5.69 Å². The van der Waals surface area contributed by atoms with E-state index in [-0.39, 0.29) is 5.41 Å². The number of carbonyl (C=O) groups is 1. The number of carbonyl (C=O) groups excluding carboxylic acids is 1. The van der Waals surface area contributed by atoms with E-state index in [2.05, 4.69) is 33.8 Å². The Morgan fingerprint density at radius 2 is 2.19 bits per heavy atom. The van der Waals surface area contributed by atoms with Crippen molar-refractivity contribution in [3.8, 4) is 0 Å². The third kappa shape index (κ3) is 2.63. The molecule has 0 radical (unpaired) electrons. The Labute approximate surface area is 127 Å². The van der Waals surface area contributed by atoms with E-state index in [1.165, 1.54) is 5.69 Å². The minimum absolute atomic E-state index is 0.134. The second-order valence-corrected chi connectivity index (χ2v) is 6.50. The average Bonchev–Trinajstić information content (AvgIpc) is 2.90. The standard InChI is InChI=1S/C17H25N3O/c1-3-9-19-10-4-6-17(16(19)21)7-11-20(13-17)15-5-8-18-14(2)12-15/h5,8,12H,3-4,6-7,9-11,13H2,1-2H3. The largest absolute Gasteiger partial charge is 0.370 e. The van der Waals surface area contributed by atoms with Gasteiger partial charge in [0.2, 0.25) is 5.91 Å². The number of anilines is 1. The molecule has 0 aromatic carbocycles. The number of pyridine rings is 1. The first kappa shape index (κ1) is 14.4. The van der Waals surface area contributed by atoms with Gasteiger partial charge in [0.25, 0.3) is 0 Å². The molecule has 1 spiro atoms. The molecular formula is C17H25N3O. The van der Waals surface area contributed by atoms with Crippen LogP contribution in [-0.2, 0) is 4.79 Å². The summed E-state index contributed by atoms with van der Waals surface area (Å²) >= 11 is 0. The van der Waals surface area contributed by atoms with Gasteiger partial charge in [-0.1, -0.05) is 6.92 Å². The lowest BCUT2D eigenvalue weighted by Crippen LogP contribution is -2.50. The summed E-state index contributed by atoms with van der Waals surface area (Å²) in [6.07, 6.45) is 6.10. The zero-order valence-corrected chi connectivity index (χ0v) is 13.1. The summed E-state index contributed by atoms with van der Waals surface area (Å²) in [7, 11) is 0. The van der Waals surface area contributed by atoms with Crippen LogP contribution in [0.3, 0.4) is 0 Å². The smallest absolute Gasteiger partial charge is 0.230 e. The Morgan fingerprint density at radius 3 is 2.95 bits per heavy atom. The number of rotatable bonds is 3. The van der Waals surface area contributed by atoms with Crippen molar-refractivity contribution < 1.29 is 4.79 Å². The van der Waals surface area contributed by atoms with E-state index in [4.69, 9.17) is 0 Å². The highest BCUT2D eigenvalue weighted by Crippen LogP contribution is 2.41. The second-order valence-electron chi connectivity index (χ2n) is 6.50. The van der Waals surface area contributed by atoms with Gasteiger partial charge in [-0.05, 0) is 44.7 Å². The molecule has 4 nitrogen and oxygen atoms in total. The maximum absolute atomic E-state index is 12.9. The number of aromatic nitrogens is 1. The van der Waals surface area contributed by atoms with Crippen LogP contribution in [0, 0.1) is 12.3 Å². The van der Waals surface area contributed by atoms with Gasteiger partial charge >= 0.3 is 0 Å². The summed E-state index contributed by atoms with van der Waals surface area (Å²) in [5, 5.41) is 0. The summed E-state index contributed by atoms with van der Waals surface area (Å²) in [4.78, 5) is 21.6. The molecule has 0 aliphatic carbocycles. The van der Waals surface area contributed by atoms with Crippen molar-refractivity contribution in [2.24, 2.45) is 5.41 Å². The van der Waals surface area contributed by atoms with Crippen LogP contribution < -0.4 is 4.90 Å². The van der Waals surface area contributed by atoms with Gasteiger partial charge in [0.15, 0.2) is 0 Å². The van der Waals surface area contributed by atoms with Crippen LogP contribution in [0.5, 0.6) is 0 Å². The van der Waals surface area contributed by atoms with Crippen molar-refractivity contribution in [1.29, 1.82) is 0 Å². The van der Waals surface area contributed by atoms with Gasteiger partial charge in [0, 0.05) is 43.8 Å². The lowest BCUT2D eigenvalue weighted by atomic mass is 9.78. The SMILES string of the molecule is CCCN1CCCC2(CCN(c3ccnc(C)c3)C2)C1=O. The maximum atomic E-state index is 12.9. The molecule has 2 saturated heterocycles. The monoisotopic (exact) mass is 287 g/mol. The van der Waals surface area contributed by atoms with E-state index in [0.29, 0.717) is 5.91 Å². The van der Waals surface area contributed by atoms with Gasteiger partial charge < -0.3 is 9.80 Å². The Balaban J connectivity index is 1.77. The van der Waals surface area contributed by atoms with Crippen LogP contribution in [-0.4, -0.2) is 42.0 Å². The number of hydrogen-bond donors (Lipinski definition) is 0. The minimum atomic E-state index is -0.134. The first-order valence-electron chi connectivity index (χ1n) is 8.12. The van der Waals surface area contributed by atoms with Crippen molar-refractivity contribution in [2.75, 3.05) is 31.1 Å². The molecule has 2 aliphatic heterocycles. The first-order valence-corrected chi connectivity index (χ1v) is 8.12. The highest BCUT2D eigenvalue weighted by Gasteiger charge is 2.48. The van der Waals surface area contributed by atoms with Gasteiger partial charge in [0.05, 0.1) is 5.41 Å². The van der Waals surface area contributed by atoms with E-state index in [0.717, 1.165) is 57.6 Å². The number of hydrogen-bond acceptors (Lipinski definition) is 3. The Hall–Kier alpha value is -1.58. The number of piperidine rings is 1. The third-order valence-corrected chi connectivity index (χ3v) is 4.92. The third-order valence-electron chi connectivity index (χ3n) is 4.92. The normalized spacial score (nSPS) is 25.9. The number of amides is 1. The molecule has 1 atom stereocenters. The molecule has 0 saturated carbocycles. The average molecular weight is 287 g/mol. The van der Waals surface area contributed by atoms with Crippen LogP contribution in [0.25, 0.3) is 0 Å². The fourth-order valence-corrected chi connectivity index (χ4v) is 3.83. The van der Waals surface area contributed by atoms with Crippen molar-refractivity contribution in [3.05, 3.63) is 24.0 Å². The summed E-state index contributed by atoms with van der Waals surface area (Å²) in [5.41, 5.74) is 2.11. The van der Waals surface area contributed by atoms with Crippen molar-refractivity contribution >= 4 is 11.6 Å². The van der Waals surface area contributed by atoms with E-state index in [9.17, 15) is 4.79 Å². The van der Waals surface area contributed by atoms with Gasteiger partial charge in [-0.3, -0.25) is 9.78 Å². The van der Waals surface area contributed by atoms with Crippen molar-refractivity contribution in [2.45, 2.75) is 39.5 Å². The lowest BCUT2D eigenvalue weighted by Gasteiger charge is -2.39. The minimum Gasteiger partial charge on any atom is -0.370 e. The molecule has 21 heavy (non-hydrogen) atoms. The van der Waals surface area contributed by atoms with E-state index >= 15 is 0 Å². The molecule has 4 heteroatoms. The van der Waals surface area contributed by atoms with E-state index < -0.39 is 0 Å². The number of nitrogens with zero attached hydrogens (tertiary/aromatic N) is 3. The molecule has 1 aromatic heterocycles. The van der Waals surface area contributed by atoms with Crippen molar-refractivity contribution in [3.63, 3.8) is 0 Å². The zero-order valence-electron chi connectivity index (χ0n) is 13.1. The second kappa shape index (κ2) is 5.66. The molecule has 114 valence electrons. The molecule has 3 heterocycles. The van der Waals surface area contributed by atoms with E-state index in [1.807, 2.05) is 13.1 Å². The number of likely N-dealkylation sites (tertiary alicyclic amines) is 1. The van der Waals surface area contributed by atoms with Gasteiger partial charge in [0.1, 0.15) is 0 Å². The predicted octanol–water partition coefficient (Wildman–Crippen LogP) is 2.62. The van der Waals surface area contributed by atoms with Gasteiger partial charge in [-0.2, -0.15) is 0 Å². The fourth-order valence-electron chi connectivity index (χ4n) is 3.83. The Bertz CT molecular complexity index is 529. The van der Waals surface area contributed by atoms with Crippen LogP contribution in [0.2, 0.25) is 0 Å². The molecule has 0 bridgehead atoms. The zero-order chi connectivity index (χ0) is 14.9.